The van der Waals surface area contributed by atoms with E-state index in [0.717, 1.165) is 0 Å². The predicted octanol–water partition coefficient (Wildman–Crippen LogP) is 1.95. The first-order valence-corrected chi connectivity index (χ1v) is 7.05. The molecule has 1 atom stereocenters. The highest BCUT2D eigenvalue weighted by Crippen LogP contribution is 2.33. The van der Waals surface area contributed by atoms with Gasteiger partial charge in [0.2, 0.25) is 0 Å². The Morgan fingerprint density at radius 2 is 2.14 bits per heavy atom. The van der Waals surface area contributed by atoms with Crippen LogP contribution in [0, 0.1) is 10.1 Å². The van der Waals surface area contributed by atoms with Gasteiger partial charge < -0.3 is 15.4 Å². The van der Waals surface area contributed by atoms with Crippen molar-refractivity contribution in [2.75, 3.05) is 6.61 Å². The van der Waals surface area contributed by atoms with Crippen molar-refractivity contribution in [3.05, 3.63) is 51.2 Å². The largest absolute Gasteiger partial charge is 0.463 e. The molecule has 1 aliphatic rings. The number of carbonyl (C=O) groups is 1. The Morgan fingerprint density at radius 1 is 1.45 bits per heavy atom. The molecule has 0 aliphatic carbocycles. The van der Waals surface area contributed by atoms with Gasteiger partial charge in [-0.3, -0.25) is 10.1 Å². The van der Waals surface area contributed by atoms with E-state index in [1.807, 2.05) is 0 Å². The maximum absolute atomic E-state index is 12.2. The van der Waals surface area contributed by atoms with Crippen LogP contribution in [-0.2, 0) is 9.53 Å². The molecular weight excluding hydrogens is 306 g/mol. The number of para-hydroxylation sites is 1. The van der Waals surface area contributed by atoms with E-state index in [4.69, 9.17) is 17.0 Å². The fourth-order valence-corrected chi connectivity index (χ4v) is 2.58. The highest BCUT2D eigenvalue weighted by molar-refractivity contribution is 7.80. The fourth-order valence-electron chi connectivity index (χ4n) is 2.30. The van der Waals surface area contributed by atoms with Gasteiger partial charge in [0.1, 0.15) is 0 Å². The zero-order valence-corrected chi connectivity index (χ0v) is 12.9. The van der Waals surface area contributed by atoms with Crippen LogP contribution in [0.25, 0.3) is 0 Å². The van der Waals surface area contributed by atoms with Gasteiger partial charge in [-0.1, -0.05) is 12.1 Å². The summed E-state index contributed by atoms with van der Waals surface area (Å²) in [7, 11) is 0. The number of allylic oxidation sites excluding steroid dienone is 1. The van der Waals surface area contributed by atoms with Gasteiger partial charge in [0, 0.05) is 11.8 Å². The molecule has 0 bridgehead atoms. The van der Waals surface area contributed by atoms with Crippen LogP contribution in [0.5, 0.6) is 0 Å². The van der Waals surface area contributed by atoms with E-state index in [9.17, 15) is 14.9 Å². The fraction of sp³-hybridized carbons (Fsp3) is 0.286. The zero-order valence-electron chi connectivity index (χ0n) is 12.1. The third kappa shape index (κ3) is 3.06. The van der Waals surface area contributed by atoms with Crippen molar-refractivity contribution in [2.45, 2.75) is 19.9 Å². The molecule has 0 spiro atoms. The molecule has 22 heavy (non-hydrogen) atoms. The lowest BCUT2D eigenvalue weighted by Crippen LogP contribution is -2.45. The summed E-state index contributed by atoms with van der Waals surface area (Å²) in [5.41, 5.74) is 1.08. The maximum atomic E-state index is 12.2. The van der Waals surface area contributed by atoms with E-state index in [2.05, 4.69) is 10.6 Å². The Kier molecular flexibility index (Phi) is 4.71. The molecule has 2 N–H and O–H groups in total. The predicted molar refractivity (Wildman–Crippen MR) is 84.0 cm³/mol. The number of thiocarbonyl (C=S) groups is 1. The lowest BCUT2D eigenvalue weighted by Gasteiger charge is -2.29. The SMILES string of the molecule is CCOC(=O)C1=C(C)NC(=S)N[C@@H]1c1ccccc1[N+](=O)[O-]. The number of benzene rings is 1. The van der Waals surface area contributed by atoms with E-state index >= 15 is 0 Å². The average molecular weight is 321 g/mol. The minimum atomic E-state index is -0.727. The molecule has 1 aromatic carbocycles. The first-order chi connectivity index (χ1) is 10.5. The van der Waals surface area contributed by atoms with Crippen LogP contribution in [0.4, 0.5) is 5.69 Å². The second-order valence-corrected chi connectivity index (χ2v) is 5.01. The summed E-state index contributed by atoms with van der Waals surface area (Å²) in [4.78, 5) is 22.9. The van der Waals surface area contributed by atoms with E-state index < -0.39 is 16.9 Å². The molecule has 1 aliphatic heterocycles. The molecule has 0 unspecified atom stereocenters. The van der Waals surface area contributed by atoms with E-state index in [1.54, 1.807) is 32.0 Å². The monoisotopic (exact) mass is 321 g/mol. The van der Waals surface area contributed by atoms with Crippen LogP contribution in [0.15, 0.2) is 35.5 Å². The molecule has 1 aromatic rings. The van der Waals surface area contributed by atoms with Crippen LogP contribution in [0.2, 0.25) is 0 Å². The van der Waals surface area contributed by atoms with Gasteiger partial charge in [-0.25, -0.2) is 4.79 Å². The molecule has 8 heteroatoms. The van der Waals surface area contributed by atoms with E-state index in [1.165, 1.54) is 6.07 Å². The van der Waals surface area contributed by atoms with Crippen molar-refractivity contribution in [1.29, 1.82) is 0 Å². The summed E-state index contributed by atoms with van der Waals surface area (Å²) < 4.78 is 5.05. The van der Waals surface area contributed by atoms with Gasteiger partial charge in [0.05, 0.1) is 28.7 Å². The number of carbonyl (C=O) groups excluding carboxylic acids is 1. The summed E-state index contributed by atoms with van der Waals surface area (Å²) in [6.07, 6.45) is 0. The molecule has 116 valence electrons. The molecule has 0 fully saturated rings. The molecular formula is C14H15N3O4S. The summed E-state index contributed by atoms with van der Waals surface area (Å²) in [6, 6.07) is 5.50. The molecule has 1 heterocycles. The molecule has 0 radical (unpaired) electrons. The minimum absolute atomic E-state index is 0.0840. The number of nitro groups is 1. The topological polar surface area (TPSA) is 93.5 Å². The van der Waals surface area contributed by atoms with Crippen LogP contribution in [-0.4, -0.2) is 22.6 Å². The standard InChI is InChI=1S/C14H15N3O4S/c1-3-21-13(18)11-8(2)15-14(22)16-12(11)9-6-4-5-7-10(9)17(19)20/h4-7,12H,3H2,1-2H3,(H2,15,16,22)/t12-/m1/s1. The normalized spacial score (nSPS) is 17.5. The van der Waals surface area contributed by atoms with Crippen molar-refractivity contribution in [3.8, 4) is 0 Å². The Labute approximate surface area is 132 Å². The lowest BCUT2D eigenvalue weighted by atomic mass is 9.94. The van der Waals surface area contributed by atoms with E-state index in [-0.39, 0.29) is 17.9 Å². The number of rotatable bonds is 4. The summed E-state index contributed by atoms with van der Waals surface area (Å²) in [5.74, 6) is -0.536. The van der Waals surface area contributed by atoms with Crippen molar-refractivity contribution >= 4 is 29.0 Å². The van der Waals surface area contributed by atoms with Crippen LogP contribution in [0.3, 0.4) is 0 Å². The molecule has 0 amide bonds. The van der Waals surface area contributed by atoms with Gasteiger partial charge in [0.15, 0.2) is 5.11 Å². The van der Waals surface area contributed by atoms with Crippen LogP contribution in [0.1, 0.15) is 25.5 Å². The second-order valence-electron chi connectivity index (χ2n) is 4.61. The Morgan fingerprint density at radius 3 is 2.77 bits per heavy atom. The minimum Gasteiger partial charge on any atom is -0.463 e. The molecule has 0 aromatic heterocycles. The number of nitrogens with zero attached hydrogens (tertiary/aromatic N) is 1. The number of nitro benzene ring substituents is 1. The number of esters is 1. The number of nitrogens with one attached hydrogen (secondary N) is 2. The third-order valence-electron chi connectivity index (χ3n) is 3.21. The van der Waals surface area contributed by atoms with Crippen molar-refractivity contribution < 1.29 is 14.5 Å². The van der Waals surface area contributed by atoms with Gasteiger partial charge in [-0.2, -0.15) is 0 Å². The molecule has 0 saturated heterocycles. The molecule has 7 nitrogen and oxygen atoms in total. The first kappa shape index (κ1) is 15.9. The third-order valence-corrected chi connectivity index (χ3v) is 3.43. The maximum Gasteiger partial charge on any atom is 0.338 e. The number of ether oxygens (including phenoxy) is 1. The first-order valence-electron chi connectivity index (χ1n) is 6.64. The second kappa shape index (κ2) is 6.52. The summed E-state index contributed by atoms with van der Waals surface area (Å²) in [5, 5.41) is 17.3. The summed E-state index contributed by atoms with van der Waals surface area (Å²) >= 11 is 5.09. The Bertz CT molecular complexity index is 672. The smallest absolute Gasteiger partial charge is 0.338 e. The van der Waals surface area contributed by atoms with Gasteiger partial charge in [-0.15, -0.1) is 0 Å². The Hall–Kier alpha value is -2.48. The van der Waals surface area contributed by atoms with Gasteiger partial charge in [-0.05, 0) is 32.1 Å². The van der Waals surface area contributed by atoms with Crippen LogP contribution >= 0.6 is 12.2 Å². The lowest BCUT2D eigenvalue weighted by molar-refractivity contribution is -0.385. The quantitative estimate of drug-likeness (QED) is 0.379. The van der Waals surface area contributed by atoms with Crippen molar-refractivity contribution in [2.24, 2.45) is 0 Å². The number of hydrogen-bond donors (Lipinski definition) is 2. The van der Waals surface area contributed by atoms with Crippen LogP contribution < -0.4 is 10.6 Å². The Balaban J connectivity index is 2.55. The molecule has 0 saturated carbocycles. The van der Waals surface area contributed by atoms with Gasteiger partial charge >= 0.3 is 5.97 Å². The van der Waals surface area contributed by atoms with Gasteiger partial charge in [0.25, 0.3) is 5.69 Å². The van der Waals surface area contributed by atoms with Crippen molar-refractivity contribution in [1.82, 2.24) is 10.6 Å². The summed E-state index contributed by atoms with van der Waals surface area (Å²) in [6.45, 7) is 3.59. The van der Waals surface area contributed by atoms with E-state index in [0.29, 0.717) is 16.4 Å². The molecule has 2 rings (SSSR count). The average Bonchev–Trinajstić information content (AvgIpc) is 2.46. The van der Waals surface area contributed by atoms with Crippen molar-refractivity contribution in [3.63, 3.8) is 0 Å². The zero-order chi connectivity index (χ0) is 16.3. The highest BCUT2D eigenvalue weighted by atomic mass is 32.1. The highest BCUT2D eigenvalue weighted by Gasteiger charge is 2.34. The number of hydrogen-bond acceptors (Lipinski definition) is 5.